The van der Waals surface area contributed by atoms with E-state index in [2.05, 4.69) is 39.0 Å². The standard InChI is InChI=1S/C22H31ClO2/c1-14-12-17-16-8-7-15-6-4-5-9-19(15,2)22(16)18(25-22)13-20(17,3)21(14,24)10-11-23/h5-6,9,14,16-18,24H,4,7-8,10-13H2,1-3H3/t14-,16-,17-,18?,19-,20-,21+,22-/m0/s1. The predicted octanol–water partition coefficient (Wildman–Crippen LogP) is 4.85. The average molecular weight is 363 g/mol. The molecule has 1 heterocycles. The van der Waals surface area contributed by atoms with Crippen LogP contribution < -0.4 is 0 Å². The van der Waals surface area contributed by atoms with Crippen LogP contribution in [0.25, 0.3) is 0 Å². The Morgan fingerprint density at radius 3 is 2.88 bits per heavy atom. The quantitative estimate of drug-likeness (QED) is 0.432. The molecule has 1 N–H and O–H groups in total. The fourth-order valence-electron chi connectivity index (χ4n) is 7.88. The minimum absolute atomic E-state index is 0.00981. The molecular weight excluding hydrogens is 332 g/mol. The maximum Gasteiger partial charge on any atom is 0.110 e. The van der Waals surface area contributed by atoms with Crippen LogP contribution in [0.5, 0.6) is 0 Å². The molecule has 25 heavy (non-hydrogen) atoms. The highest BCUT2D eigenvalue weighted by Crippen LogP contribution is 2.76. The van der Waals surface area contributed by atoms with E-state index in [1.54, 1.807) is 5.57 Å². The Labute approximate surface area is 156 Å². The molecule has 0 aromatic carbocycles. The number of fused-ring (bicyclic) bond motifs is 3. The molecule has 1 aliphatic heterocycles. The predicted molar refractivity (Wildman–Crippen MR) is 101 cm³/mol. The van der Waals surface area contributed by atoms with Gasteiger partial charge in [0.1, 0.15) is 5.60 Å². The van der Waals surface area contributed by atoms with E-state index in [1.807, 2.05) is 0 Å². The van der Waals surface area contributed by atoms with E-state index >= 15 is 0 Å². The molecule has 1 spiro atoms. The third-order valence-electron chi connectivity index (χ3n) is 9.27. The zero-order valence-corrected chi connectivity index (χ0v) is 16.5. The number of aliphatic hydroxyl groups is 1. The summed E-state index contributed by atoms with van der Waals surface area (Å²) in [5.41, 5.74) is 0.948. The van der Waals surface area contributed by atoms with E-state index in [0.717, 1.165) is 19.3 Å². The summed E-state index contributed by atoms with van der Waals surface area (Å²) in [5.74, 6) is 1.97. The van der Waals surface area contributed by atoms with Crippen molar-refractivity contribution in [2.75, 3.05) is 5.88 Å². The fourth-order valence-corrected chi connectivity index (χ4v) is 8.17. The van der Waals surface area contributed by atoms with Gasteiger partial charge < -0.3 is 9.84 Å². The summed E-state index contributed by atoms with van der Waals surface area (Å²) in [6, 6.07) is 0. The smallest absolute Gasteiger partial charge is 0.110 e. The van der Waals surface area contributed by atoms with Crippen LogP contribution in [0.15, 0.2) is 23.8 Å². The second kappa shape index (κ2) is 4.94. The lowest BCUT2D eigenvalue weighted by molar-refractivity contribution is -0.121. The second-order valence-corrected chi connectivity index (χ2v) is 10.2. The molecule has 0 amide bonds. The first kappa shape index (κ1) is 16.8. The van der Waals surface area contributed by atoms with Gasteiger partial charge in [-0.25, -0.2) is 0 Å². The van der Waals surface area contributed by atoms with Gasteiger partial charge in [-0.2, -0.15) is 0 Å². The highest BCUT2D eigenvalue weighted by molar-refractivity contribution is 6.17. The maximum absolute atomic E-state index is 11.7. The van der Waals surface area contributed by atoms with Crippen LogP contribution in [-0.4, -0.2) is 28.3 Å². The lowest BCUT2D eigenvalue weighted by Gasteiger charge is -2.56. The molecule has 0 aromatic rings. The van der Waals surface area contributed by atoms with Crippen LogP contribution >= 0.6 is 11.6 Å². The molecule has 2 nitrogen and oxygen atoms in total. The summed E-state index contributed by atoms with van der Waals surface area (Å²) < 4.78 is 6.61. The minimum Gasteiger partial charge on any atom is -0.389 e. The summed E-state index contributed by atoms with van der Waals surface area (Å²) in [6.07, 6.45) is 13.8. The summed E-state index contributed by atoms with van der Waals surface area (Å²) >= 11 is 6.12. The summed E-state index contributed by atoms with van der Waals surface area (Å²) in [4.78, 5) is 0. The van der Waals surface area contributed by atoms with E-state index in [9.17, 15) is 5.11 Å². The molecule has 1 saturated heterocycles. The molecule has 4 fully saturated rings. The molecule has 3 saturated carbocycles. The zero-order chi connectivity index (χ0) is 17.7. The molecule has 0 bridgehead atoms. The minimum atomic E-state index is -0.642. The number of rotatable bonds is 2. The third-order valence-corrected chi connectivity index (χ3v) is 9.45. The van der Waals surface area contributed by atoms with Crippen molar-refractivity contribution in [1.82, 2.24) is 0 Å². The van der Waals surface area contributed by atoms with Crippen molar-refractivity contribution in [2.45, 2.75) is 76.6 Å². The Hall–Kier alpha value is -0.310. The van der Waals surface area contributed by atoms with Crippen LogP contribution in [0.3, 0.4) is 0 Å². The van der Waals surface area contributed by atoms with E-state index < -0.39 is 5.60 Å². The van der Waals surface area contributed by atoms with Gasteiger partial charge in [-0.15, -0.1) is 11.6 Å². The van der Waals surface area contributed by atoms with Gasteiger partial charge in [-0.05, 0) is 63.2 Å². The van der Waals surface area contributed by atoms with Gasteiger partial charge in [0.25, 0.3) is 0 Å². The Morgan fingerprint density at radius 1 is 1.32 bits per heavy atom. The molecule has 0 aromatic heterocycles. The maximum atomic E-state index is 11.7. The molecule has 4 aliphatic carbocycles. The van der Waals surface area contributed by atoms with Crippen molar-refractivity contribution in [1.29, 1.82) is 0 Å². The Balaban J connectivity index is 1.58. The van der Waals surface area contributed by atoms with Gasteiger partial charge in [0, 0.05) is 16.7 Å². The summed E-state index contributed by atoms with van der Waals surface area (Å²) in [6.45, 7) is 6.99. The van der Waals surface area contributed by atoms with Crippen LogP contribution in [0.1, 0.15) is 59.3 Å². The van der Waals surface area contributed by atoms with Crippen molar-refractivity contribution >= 4 is 11.6 Å². The first-order valence-corrected chi connectivity index (χ1v) is 10.7. The molecule has 0 radical (unpaired) electrons. The zero-order valence-electron chi connectivity index (χ0n) is 15.7. The van der Waals surface area contributed by atoms with Gasteiger partial charge in [-0.1, -0.05) is 37.6 Å². The first-order chi connectivity index (χ1) is 11.8. The number of epoxide rings is 1. The van der Waals surface area contributed by atoms with Crippen LogP contribution in [0, 0.1) is 28.6 Å². The molecule has 5 rings (SSSR count). The normalized spacial score (nSPS) is 58.7. The average Bonchev–Trinajstić information content (AvgIpc) is 3.25. The molecule has 5 aliphatic rings. The van der Waals surface area contributed by atoms with Gasteiger partial charge in [-0.3, -0.25) is 0 Å². The van der Waals surface area contributed by atoms with Gasteiger partial charge in [0.2, 0.25) is 0 Å². The molecule has 3 heteroatoms. The second-order valence-electron chi connectivity index (χ2n) is 9.84. The molecule has 138 valence electrons. The number of halogens is 1. The number of hydrogen-bond acceptors (Lipinski definition) is 2. The summed E-state index contributed by atoms with van der Waals surface area (Å²) in [5, 5.41) is 11.7. The van der Waals surface area contributed by atoms with E-state index in [1.165, 1.54) is 12.8 Å². The van der Waals surface area contributed by atoms with Gasteiger partial charge in [0.15, 0.2) is 0 Å². The Bertz CT molecular complexity index is 671. The molecular formula is C22H31ClO2. The van der Waals surface area contributed by atoms with Gasteiger partial charge >= 0.3 is 0 Å². The van der Waals surface area contributed by atoms with Crippen molar-refractivity contribution in [3.8, 4) is 0 Å². The Kier molecular flexibility index (Phi) is 3.33. The third kappa shape index (κ3) is 1.71. The number of allylic oxidation sites excluding steroid dienone is 2. The molecule has 1 unspecified atom stereocenters. The topological polar surface area (TPSA) is 32.8 Å². The number of ether oxygens (including phenoxy) is 1. The van der Waals surface area contributed by atoms with Crippen LogP contribution in [-0.2, 0) is 4.74 Å². The lowest BCUT2D eigenvalue weighted by Crippen LogP contribution is -2.59. The van der Waals surface area contributed by atoms with Gasteiger partial charge in [0.05, 0.1) is 11.7 Å². The summed E-state index contributed by atoms with van der Waals surface area (Å²) in [7, 11) is 0. The van der Waals surface area contributed by atoms with Crippen molar-refractivity contribution < 1.29 is 9.84 Å². The lowest BCUT2D eigenvalue weighted by atomic mass is 9.47. The van der Waals surface area contributed by atoms with E-state index in [-0.39, 0.29) is 16.4 Å². The van der Waals surface area contributed by atoms with Crippen LogP contribution in [0.4, 0.5) is 0 Å². The van der Waals surface area contributed by atoms with E-state index in [4.69, 9.17) is 16.3 Å². The number of hydrogen-bond donors (Lipinski definition) is 1. The monoisotopic (exact) mass is 362 g/mol. The SMILES string of the molecule is C[C@H]1C[C@H]2[C@@H]3CCC4=CCC=C[C@]4(C)[C@]34OC4C[C@]2(C)[C@@]1(O)CCCl. The van der Waals surface area contributed by atoms with Crippen molar-refractivity contribution in [2.24, 2.45) is 28.6 Å². The Morgan fingerprint density at radius 2 is 2.12 bits per heavy atom. The largest absolute Gasteiger partial charge is 0.389 e. The highest BCUT2D eigenvalue weighted by atomic mass is 35.5. The van der Waals surface area contributed by atoms with E-state index in [0.29, 0.717) is 36.2 Å². The van der Waals surface area contributed by atoms with Crippen molar-refractivity contribution in [3.63, 3.8) is 0 Å². The first-order valence-electron chi connectivity index (χ1n) is 10.2. The van der Waals surface area contributed by atoms with Crippen LogP contribution in [0.2, 0.25) is 0 Å². The fraction of sp³-hybridized carbons (Fsp3) is 0.818. The number of alkyl halides is 1. The highest BCUT2D eigenvalue weighted by Gasteiger charge is 2.80. The molecule has 8 atom stereocenters. The van der Waals surface area contributed by atoms with Crippen molar-refractivity contribution in [3.05, 3.63) is 23.8 Å².